The minimum absolute atomic E-state index is 0.0240. The van der Waals surface area contributed by atoms with E-state index in [0.29, 0.717) is 6.54 Å². The zero-order valence-electron chi connectivity index (χ0n) is 15.1. The van der Waals surface area contributed by atoms with Crippen molar-refractivity contribution in [2.24, 2.45) is 0 Å². The van der Waals surface area contributed by atoms with E-state index >= 15 is 0 Å². The molecule has 4 nitrogen and oxygen atoms in total. The molecule has 128 valence electrons. The SMILES string of the molecule is CCc1ccc(CN2CCc3nc(C(C)(C)C)[nH]c(=O)c3C2)cc1. The van der Waals surface area contributed by atoms with Crippen molar-refractivity contribution in [3.8, 4) is 0 Å². The van der Waals surface area contributed by atoms with Crippen LogP contribution >= 0.6 is 0 Å². The van der Waals surface area contributed by atoms with Crippen LogP contribution in [0.25, 0.3) is 0 Å². The Bertz CT molecular complexity index is 769. The number of fused-ring (bicyclic) bond motifs is 1. The van der Waals surface area contributed by atoms with Crippen LogP contribution < -0.4 is 5.56 Å². The van der Waals surface area contributed by atoms with Gasteiger partial charge < -0.3 is 4.98 Å². The van der Waals surface area contributed by atoms with Crippen molar-refractivity contribution >= 4 is 0 Å². The first-order valence-electron chi connectivity index (χ1n) is 8.79. The average molecular weight is 325 g/mol. The van der Waals surface area contributed by atoms with E-state index in [2.05, 4.69) is 61.8 Å². The summed E-state index contributed by atoms with van der Waals surface area (Å²) in [5.41, 5.74) is 4.35. The molecule has 24 heavy (non-hydrogen) atoms. The second-order valence-corrected chi connectivity index (χ2v) is 7.72. The molecule has 1 N–H and O–H groups in total. The first-order valence-corrected chi connectivity index (χ1v) is 8.79. The van der Waals surface area contributed by atoms with Crippen molar-refractivity contribution in [3.63, 3.8) is 0 Å². The highest BCUT2D eigenvalue weighted by Crippen LogP contribution is 2.21. The lowest BCUT2D eigenvalue weighted by Gasteiger charge is -2.29. The number of hydrogen-bond acceptors (Lipinski definition) is 3. The Labute approximate surface area is 143 Å². The summed E-state index contributed by atoms with van der Waals surface area (Å²) in [6, 6.07) is 8.77. The van der Waals surface area contributed by atoms with Crippen LogP contribution in [0.4, 0.5) is 0 Å². The molecule has 0 aliphatic carbocycles. The van der Waals surface area contributed by atoms with Crippen molar-refractivity contribution in [3.05, 3.63) is 62.8 Å². The Morgan fingerprint density at radius 3 is 2.46 bits per heavy atom. The molecule has 0 atom stereocenters. The van der Waals surface area contributed by atoms with E-state index in [1.165, 1.54) is 11.1 Å². The van der Waals surface area contributed by atoms with Gasteiger partial charge in [0.05, 0.1) is 11.3 Å². The minimum Gasteiger partial charge on any atom is -0.310 e. The maximum absolute atomic E-state index is 12.5. The molecule has 1 aliphatic rings. The van der Waals surface area contributed by atoms with Crippen LogP contribution in [0.5, 0.6) is 0 Å². The summed E-state index contributed by atoms with van der Waals surface area (Å²) < 4.78 is 0. The van der Waals surface area contributed by atoms with Gasteiger partial charge in [0.25, 0.3) is 5.56 Å². The van der Waals surface area contributed by atoms with Gasteiger partial charge in [0.15, 0.2) is 0 Å². The zero-order valence-corrected chi connectivity index (χ0v) is 15.1. The molecule has 0 fully saturated rings. The molecule has 4 heteroatoms. The number of H-pyrrole nitrogens is 1. The Kier molecular flexibility index (Phi) is 4.59. The molecule has 0 unspecified atom stereocenters. The summed E-state index contributed by atoms with van der Waals surface area (Å²) in [6.07, 6.45) is 1.91. The van der Waals surface area contributed by atoms with Crippen LogP contribution in [0.1, 0.15) is 55.9 Å². The van der Waals surface area contributed by atoms with E-state index in [4.69, 9.17) is 4.98 Å². The second-order valence-electron chi connectivity index (χ2n) is 7.72. The third-order valence-electron chi connectivity index (χ3n) is 4.70. The van der Waals surface area contributed by atoms with E-state index in [0.717, 1.165) is 43.0 Å². The summed E-state index contributed by atoms with van der Waals surface area (Å²) in [6.45, 7) is 10.9. The van der Waals surface area contributed by atoms with Gasteiger partial charge in [0.1, 0.15) is 5.82 Å². The highest BCUT2D eigenvalue weighted by atomic mass is 16.1. The summed E-state index contributed by atoms with van der Waals surface area (Å²) in [5.74, 6) is 0.787. The van der Waals surface area contributed by atoms with Gasteiger partial charge in [-0.25, -0.2) is 4.98 Å². The first kappa shape index (κ1) is 16.9. The van der Waals surface area contributed by atoms with Gasteiger partial charge in [-0.2, -0.15) is 0 Å². The molecular formula is C20H27N3O. The van der Waals surface area contributed by atoms with Gasteiger partial charge in [-0.05, 0) is 17.5 Å². The number of rotatable bonds is 3. The van der Waals surface area contributed by atoms with E-state index < -0.39 is 0 Å². The van der Waals surface area contributed by atoms with Gasteiger partial charge in [0, 0.05) is 31.5 Å². The normalized spacial score (nSPS) is 15.3. The van der Waals surface area contributed by atoms with Crippen molar-refractivity contribution in [2.45, 2.75) is 59.0 Å². The molecule has 1 aliphatic heterocycles. The van der Waals surface area contributed by atoms with E-state index in [1.54, 1.807) is 0 Å². The topological polar surface area (TPSA) is 49.0 Å². The number of nitrogens with one attached hydrogen (secondary N) is 1. The van der Waals surface area contributed by atoms with E-state index in [1.807, 2.05) is 0 Å². The van der Waals surface area contributed by atoms with Gasteiger partial charge in [-0.1, -0.05) is 52.0 Å². The molecule has 3 rings (SSSR count). The second kappa shape index (κ2) is 6.52. The van der Waals surface area contributed by atoms with Crippen molar-refractivity contribution in [2.75, 3.05) is 6.54 Å². The third kappa shape index (κ3) is 3.59. The average Bonchev–Trinajstić information content (AvgIpc) is 2.55. The molecule has 2 aromatic rings. The number of nitrogens with zero attached hydrogens (tertiary/aromatic N) is 2. The number of aryl methyl sites for hydroxylation is 1. The third-order valence-corrected chi connectivity index (χ3v) is 4.70. The minimum atomic E-state index is -0.133. The smallest absolute Gasteiger partial charge is 0.255 e. The molecule has 0 spiro atoms. The summed E-state index contributed by atoms with van der Waals surface area (Å²) >= 11 is 0. The molecule has 0 bridgehead atoms. The lowest BCUT2D eigenvalue weighted by molar-refractivity contribution is 0.241. The predicted molar refractivity (Wildman–Crippen MR) is 97.2 cm³/mol. The lowest BCUT2D eigenvalue weighted by Crippen LogP contribution is -2.37. The maximum Gasteiger partial charge on any atom is 0.255 e. The highest BCUT2D eigenvalue weighted by molar-refractivity contribution is 5.25. The largest absolute Gasteiger partial charge is 0.310 e. The van der Waals surface area contributed by atoms with Crippen LogP contribution in [0.2, 0.25) is 0 Å². The summed E-state index contributed by atoms with van der Waals surface area (Å²) in [5, 5.41) is 0. The van der Waals surface area contributed by atoms with Crippen LogP contribution in [-0.2, 0) is 31.3 Å². The Morgan fingerprint density at radius 1 is 1.17 bits per heavy atom. The summed E-state index contributed by atoms with van der Waals surface area (Å²) in [4.78, 5) is 22.5. The monoisotopic (exact) mass is 325 g/mol. The van der Waals surface area contributed by atoms with Crippen LogP contribution in [-0.4, -0.2) is 21.4 Å². The van der Waals surface area contributed by atoms with Gasteiger partial charge in [0.2, 0.25) is 0 Å². The van der Waals surface area contributed by atoms with Crippen LogP contribution in [0, 0.1) is 0 Å². The van der Waals surface area contributed by atoms with Crippen molar-refractivity contribution in [1.29, 1.82) is 0 Å². The van der Waals surface area contributed by atoms with E-state index in [-0.39, 0.29) is 11.0 Å². The zero-order chi connectivity index (χ0) is 17.3. The molecule has 0 saturated carbocycles. The maximum atomic E-state index is 12.5. The lowest BCUT2D eigenvalue weighted by atomic mass is 9.95. The van der Waals surface area contributed by atoms with E-state index in [9.17, 15) is 4.79 Å². The molecule has 1 aromatic heterocycles. The van der Waals surface area contributed by atoms with Gasteiger partial charge in [-0.15, -0.1) is 0 Å². The first-order chi connectivity index (χ1) is 11.4. The van der Waals surface area contributed by atoms with Gasteiger partial charge >= 0.3 is 0 Å². The molecule has 0 amide bonds. The summed E-state index contributed by atoms with van der Waals surface area (Å²) in [7, 11) is 0. The van der Waals surface area contributed by atoms with Crippen LogP contribution in [0.3, 0.4) is 0 Å². The predicted octanol–water partition coefficient (Wildman–Crippen LogP) is 3.19. The fraction of sp³-hybridized carbons (Fsp3) is 0.500. The van der Waals surface area contributed by atoms with Crippen LogP contribution in [0.15, 0.2) is 29.1 Å². The molecular weight excluding hydrogens is 298 g/mol. The number of benzene rings is 1. The highest BCUT2D eigenvalue weighted by Gasteiger charge is 2.24. The Balaban J connectivity index is 1.78. The molecule has 2 heterocycles. The Morgan fingerprint density at radius 2 is 1.83 bits per heavy atom. The quantitative estimate of drug-likeness (QED) is 0.943. The number of hydrogen-bond donors (Lipinski definition) is 1. The molecule has 0 radical (unpaired) electrons. The fourth-order valence-corrected chi connectivity index (χ4v) is 3.11. The van der Waals surface area contributed by atoms with Crippen molar-refractivity contribution < 1.29 is 0 Å². The van der Waals surface area contributed by atoms with Crippen molar-refractivity contribution in [1.82, 2.24) is 14.9 Å². The number of aromatic amines is 1. The fourth-order valence-electron chi connectivity index (χ4n) is 3.11. The Hall–Kier alpha value is -1.94. The number of aromatic nitrogens is 2. The van der Waals surface area contributed by atoms with Gasteiger partial charge in [-0.3, -0.25) is 9.69 Å². The standard InChI is InChI=1S/C20H27N3O/c1-5-14-6-8-15(9-7-14)12-23-11-10-17-16(13-23)18(24)22-19(21-17)20(2,3)4/h6-9H,5,10-13H2,1-4H3,(H,21,22,24). The molecule has 1 aromatic carbocycles. The molecule has 0 saturated heterocycles.